The molecule has 2 amide bonds. The Bertz CT molecular complexity index is 292. The number of carbonyl (C=O) groups is 2. The molecule has 0 aliphatic carbocycles. The standard InChI is InChI=1S/C13H24N2O3/c1-4-15-12(16)9-11(13(15)17)14-6-8-18-7-5-10(2)3/h10-11,14H,4-9H2,1-3H3. The minimum atomic E-state index is -0.355. The van der Waals surface area contributed by atoms with Gasteiger partial charge < -0.3 is 10.1 Å². The summed E-state index contributed by atoms with van der Waals surface area (Å²) in [5, 5.41) is 3.08. The quantitative estimate of drug-likeness (QED) is 0.515. The van der Waals surface area contributed by atoms with Crippen molar-refractivity contribution in [3.8, 4) is 0 Å². The van der Waals surface area contributed by atoms with Crippen molar-refractivity contribution in [2.24, 2.45) is 5.92 Å². The van der Waals surface area contributed by atoms with Gasteiger partial charge in [0.05, 0.1) is 19.1 Å². The molecule has 1 unspecified atom stereocenters. The highest BCUT2D eigenvalue weighted by atomic mass is 16.5. The Labute approximate surface area is 109 Å². The molecule has 1 atom stereocenters. The normalized spacial score (nSPS) is 20.2. The van der Waals surface area contributed by atoms with Crippen LogP contribution in [0.3, 0.4) is 0 Å². The van der Waals surface area contributed by atoms with E-state index in [0.29, 0.717) is 25.6 Å². The zero-order chi connectivity index (χ0) is 13.5. The van der Waals surface area contributed by atoms with Gasteiger partial charge in [-0.2, -0.15) is 0 Å². The van der Waals surface area contributed by atoms with Crippen LogP contribution in [0.1, 0.15) is 33.6 Å². The van der Waals surface area contributed by atoms with Crippen LogP contribution in [0.2, 0.25) is 0 Å². The molecule has 104 valence electrons. The Morgan fingerprint density at radius 3 is 2.67 bits per heavy atom. The lowest BCUT2D eigenvalue weighted by Gasteiger charge is -2.13. The van der Waals surface area contributed by atoms with Crippen LogP contribution in [-0.2, 0) is 14.3 Å². The first-order chi connectivity index (χ1) is 8.56. The van der Waals surface area contributed by atoms with Gasteiger partial charge in [0.25, 0.3) is 0 Å². The van der Waals surface area contributed by atoms with Crippen LogP contribution in [0.25, 0.3) is 0 Å². The number of nitrogens with zero attached hydrogens (tertiary/aromatic N) is 1. The lowest BCUT2D eigenvalue weighted by Crippen LogP contribution is -2.40. The van der Waals surface area contributed by atoms with Crippen molar-refractivity contribution in [2.45, 2.75) is 39.7 Å². The third kappa shape index (κ3) is 4.38. The number of hydrogen-bond donors (Lipinski definition) is 1. The molecule has 0 aromatic rings. The van der Waals surface area contributed by atoms with Crippen LogP contribution < -0.4 is 5.32 Å². The number of rotatable bonds is 8. The van der Waals surface area contributed by atoms with Crippen molar-refractivity contribution < 1.29 is 14.3 Å². The molecule has 1 aliphatic rings. The summed E-state index contributed by atoms with van der Waals surface area (Å²) in [5.74, 6) is 0.454. The topological polar surface area (TPSA) is 58.6 Å². The first-order valence-corrected chi connectivity index (χ1v) is 6.71. The molecule has 0 spiro atoms. The molecular weight excluding hydrogens is 232 g/mol. The molecule has 5 heteroatoms. The third-order valence-electron chi connectivity index (χ3n) is 3.04. The van der Waals surface area contributed by atoms with Gasteiger partial charge in [-0.1, -0.05) is 13.8 Å². The first-order valence-electron chi connectivity index (χ1n) is 6.71. The molecule has 0 radical (unpaired) electrons. The SMILES string of the molecule is CCN1C(=O)CC(NCCOCCC(C)C)C1=O. The summed E-state index contributed by atoms with van der Waals surface area (Å²) in [6.45, 7) is 8.52. The minimum Gasteiger partial charge on any atom is -0.380 e. The smallest absolute Gasteiger partial charge is 0.246 e. The molecule has 1 saturated heterocycles. The van der Waals surface area contributed by atoms with E-state index in [1.807, 2.05) is 6.92 Å². The van der Waals surface area contributed by atoms with Crippen molar-refractivity contribution in [2.75, 3.05) is 26.3 Å². The second-order valence-electron chi connectivity index (χ2n) is 4.98. The summed E-state index contributed by atoms with van der Waals surface area (Å²) in [5.41, 5.74) is 0. The number of carbonyl (C=O) groups excluding carboxylic acids is 2. The van der Waals surface area contributed by atoms with Gasteiger partial charge in [0.15, 0.2) is 0 Å². The highest BCUT2D eigenvalue weighted by molar-refractivity contribution is 6.05. The van der Waals surface area contributed by atoms with Crippen molar-refractivity contribution in [1.29, 1.82) is 0 Å². The summed E-state index contributed by atoms with van der Waals surface area (Å²) in [6, 6.07) is -0.355. The van der Waals surface area contributed by atoms with Gasteiger partial charge in [0.1, 0.15) is 0 Å². The van der Waals surface area contributed by atoms with E-state index >= 15 is 0 Å². The summed E-state index contributed by atoms with van der Waals surface area (Å²) >= 11 is 0. The number of ether oxygens (including phenoxy) is 1. The predicted molar refractivity (Wildman–Crippen MR) is 69.1 cm³/mol. The predicted octanol–water partition coefficient (Wildman–Crippen LogP) is 0.786. The zero-order valence-corrected chi connectivity index (χ0v) is 11.6. The molecule has 0 aromatic carbocycles. The van der Waals surface area contributed by atoms with Gasteiger partial charge in [-0.15, -0.1) is 0 Å². The second-order valence-corrected chi connectivity index (χ2v) is 4.98. The Kier molecular flexibility index (Phi) is 6.29. The molecule has 0 saturated carbocycles. The monoisotopic (exact) mass is 256 g/mol. The molecule has 18 heavy (non-hydrogen) atoms. The van der Waals surface area contributed by atoms with Crippen LogP contribution in [0.5, 0.6) is 0 Å². The van der Waals surface area contributed by atoms with Crippen LogP contribution in [0, 0.1) is 5.92 Å². The van der Waals surface area contributed by atoms with E-state index in [9.17, 15) is 9.59 Å². The van der Waals surface area contributed by atoms with Crippen molar-refractivity contribution >= 4 is 11.8 Å². The third-order valence-corrected chi connectivity index (χ3v) is 3.04. The average molecular weight is 256 g/mol. The zero-order valence-electron chi connectivity index (χ0n) is 11.6. The fourth-order valence-electron chi connectivity index (χ4n) is 1.90. The van der Waals surface area contributed by atoms with Crippen LogP contribution in [0.15, 0.2) is 0 Å². The number of amides is 2. The second kappa shape index (κ2) is 7.48. The fraction of sp³-hybridized carbons (Fsp3) is 0.846. The number of likely N-dealkylation sites (N-methyl/N-ethyl adjacent to an activating group) is 1. The number of nitrogens with one attached hydrogen (secondary N) is 1. The highest BCUT2D eigenvalue weighted by Gasteiger charge is 2.36. The van der Waals surface area contributed by atoms with E-state index in [-0.39, 0.29) is 24.3 Å². The van der Waals surface area contributed by atoms with E-state index in [1.54, 1.807) is 0 Å². The van der Waals surface area contributed by atoms with Gasteiger partial charge in [-0.3, -0.25) is 14.5 Å². The molecule has 0 aromatic heterocycles. The summed E-state index contributed by atoms with van der Waals surface area (Å²) < 4.78 is 5.45. The Morgan fingerprint density at radius 2 is 2.11 bits per heavy atom. The van der Waals surface area contributed by atoms with Gasteiger partial charge in [0.2, 0.25) is 11.8 Å². The van der Waals surface area contributed by atoms with E-state index in [4.69, 9.17) is 4.74 Å². The van der Waals surface area contributed by atoms with E-state index in [1.165, 1.54) is 4.90 Å². The molecule has 1 N–H and O–H groups in total. The number of likely N-dealkylation sites (tertiary alicyclic amines) is 1. The van der Waals surface area contributed by atoms with Crippen molar-refractivity contribution in [3.63, 3.8) is 0 Å². The van der Waals surface area contributed by atoms with Crippen LogP contribution in [-0.4, -0.2) is 49.1 Å². The van der Waals surface area contributed by atoms with E-state index in [2.05, 4.69) is 19.2 Å². The summed E-state index contributed by atoms with van der Waals surface area (Å²) in [4.78, 5) is 24.5. The van der Waals surface area contributed by atoms with Gasteiger partial charge in [0, 0.05) is 19.7 Å². The van der Waals surface area contributed by atoms with Crippen molar-refractivity contribution in [3.05, 3.63) is 0 Å². The lowest BCUT2D eigenvalue weighted by molar-refractivity contribution is -0.138. The molecule has 0 bridgehead atoms. The van der Waals surface area contributed by atoms with E-state index in [0.717, 1.165) is 13.0 Å². The maximum atomic E-state index is 11.8. The van der Waals surface area contributed by atoms with E-state index < -0.39 is 0 Å². The summed E-state index contributed by atoms with van der Waals surface area (Å²) in [6.07, 6.45) is 1.32. The number of hydrogen-bond acceptors (Lipinski definition) is 4. The molecule has 1 fully saturated rings. The first kappa shape index (κ1) is 15.1. The molecule has 1 heterocycles. The molecule has 5 nitrogen and oxygen atoms in total. The van der Waals surface area contributed by atoms with Crippen LogP contribution in [0.4, 0.5) is 0 Å². The Hall–Kier alpha value is -0.940. The largest absolute Gasteiger partial charge is 0.380 e. The van der Waals surface area contributed by atoms with Crippen LogP contribution >= 0.6 is 0 Å². The maximum absolute atomic E-state index is 11.8. The maximum Gasteiger partial charge on any atom is 0.246 e. The van der Waals surface area contributed by atoms with Crippen molar-refractivity contribution in [1.82, 2.24) is 10.2 Å². The molecular formula is C13H24N2O3. The Morgan fingerprint density at radius 1 is 1.39 bits per heavy atom. The lowest BCUT2D eigenvalue weighted by atomic mass is 10.1. The minimum absolute atomic E-state index is 0.0827. The molecule has 1 aliphatic heterocycles. The number of imide groups is 1. The fourth-order valence-corrected chi connectivity index (χ4v) is 1.90. The molecule has 1 rings (SSSR count). The van der Waals surface area contributed by atoms with Gasteiger partial charge in [-0.05, 0) is 19.3 Å². The Balaban J connectivity index is 2.13. The summed E-state index contributed by atoms with van der Waals surface area (Å²) in [7, 11) is 0. The highest BCUT2D eigenvalue weighted by Crippen LogP contribution is 2.11. The average Bonchev–Trinajstić information content (AvgIpc) is 2.58. The van der Waals surface area contributed by atoms with Gasteiger partial charge >= 0.3 is 0 Å². The van der Waals surface area contributed by atoms with Gasteiger partial charge in [-0.25, -0.2) is 0 Å².